The van der Waals surface area contributed by atoms with Crippen molar-refractivity contribution in [2.75, 3.05) is 7.11 Å². The molecule has 2 aromatic rings. The molecule has 6 heteroatoms. The maximum atomic E-state index is 14.2. The number of carbonyl (C=O) groups excluding carboxylic acids is 1. The van der Waals surface area contributed by atoms with Crippen molar-refractivity contribution in [1.29, 1.82) is 0 Å². The van der Waals surface area contributed by atoms with Gasteiger partial charge in [0.1, 0.15) is 5.75 Å². The van der Waals surface area contributed by atoms with Gasteiger partial charge in [0.2, 0.25) is 0 Å². The molecule has 1 amide bonds. The summed E-state index contributed by atoms with van der Waals surface area (Å²) in [5.41, 5.74) is -0.0100. The summed E-state index contributed by atoms with van der Waals surface area (Å²) in [6.45, 7) is 5.93. The Bertz CT molecular complexity index is 684. The third-order valence-corrected chi connectivity index (χ3v) is 3.36. The molecule has 0 unspecified atom stereocenters. The van der Waals surface area contributed by atoms with Gasteiger partial charge in [-0.2, -0.15) is 0 Å². The minimum absolute atomic E-state index is 0.225. The standard InChI is InChI=1S/C17H20FN3O2/c1-17(2,3)21(11-12-7-5-6-8-19-12)16(22)15-14(18)9-13(23-4)10-20-15/h5-10H,11H2,1-4H3. The van der Waals surface area contributed by atoms with Crippen LogP contribution >= 0.6 is 0 Å². The first-order chi connectivity index (χ1) is 10.8. The Balaban J connectivity index is 2.34. The highest BCUT2D eigenvalue weighted by Crippen LogP contribution is 2.22. The van der Waals surface area contributed by atoms with Crippen LogP contribution in [0, 0.1) is 5.82 Å². The molecule has 0 saturated carbocycles. The lowest BCUT2D eigenvalue weighted by Gasteiger charge is -2.35. The highest BCUT2D eigenvalue weighted by Gasteiger charge is 2.30. The summed E-state index contributed by atoms with van der Waals surface area (Å²) in [6, 6.07) is 6.63. The number of aromatic nitrogens is 2. The summed E-state index contributed by atoms with van der Waals surface area (Å²) in [5.74, 6) is -0.918. The smallest absolute Gasteiger partial charge is 0.276 e. The fourth-order valence-electron chi connectivity index (χ4n) is 2.08. The molecule has 0 aliphatic heterocycles. The Morgan fingerprint density at radius 1 is 1.30 bits per heavy atom. The van der Waals surface area contributed by atoms with Crippen molar-refractivity contribution in [2.45, 2.75) is 32.9 Å². The first-order valence-electron chi connectivity index (χ1n) is 7.24. The molecule has 0 radical (unpaired) electrons. The second-order valence-electron chi connectivity index (χ2n) is 6.09. The van der Waals surface area contributed by atoms with E-state index < -0.39 is 17.3 Å². The van der Waals surface area contributed by atoms with Gasteiger partial charge in [-0.1, -0.05) is 6.07 Å². The Hall–Kier alpha value is -2.50. The van der Waals surface area contributed by atoms with Gasteiger partial charge in [0.15, 0.2) is 11.5 Å². The Labute approximate surface area is 135 Å². The number of nitrogens with zero attached hydrogens (tertiary/aromatic N) is 3. The van der Waals surface area contributed by atoms with Gasteiger partial charge in [0.05, 0.1) is 25.5 Å². The van der Waals surface area contributed by atoms with Crippen LogP contribution in [0.25, 0.3) is 0 Å². The minimum Gasteiger partial charge on any atom is -0.495 e. The molecule has 2 rings (SSSR count). The molecule has 0 aromatic carbocycles. The number of rotatable bonds is 4. The largest absolute Gasteiger partial charge is 0.495 e. The van der Waals surface area contributed by atoms with Crippen LogP contribution in [-0.2, 0) is 6.54 Å². The van der Waals surface area contributed by atoms with E-state index >= 15 is 0 Å². The van der Waals surface area contributed by atoms with E-state index in [9.17, 15) is 9.18 Å². The molecule has 0 atom stereocenters. The van der Waals surface area contributed by atoms with Crippen LogP contribution in [0.15, 0.2) is 36.7 Å². The number of halogens is 1. The molecule has 23 heavy (non-hydrogen) atoms. The normalized spacial score (nSPS) is 11.2. The predicted octanol–water partition coefficient (Wildman–Crippen LogP) is 3.07. The Kier molecular flexibility index (Phi) is 4.93. The van der Waals surface area contributed by atoms with Crippen molar-refractivity contribution in [2.24, 2.45) is 0 Å². The first kappa shape index (κ1) is 16.9. The van der Waals surface area contributed by atoms with Crippen molar-refractivity contribution in [3.8, 4) is 5.75 Å². The van der Waals surface area contributed by atoms with Crippen molar-refractivity contribution < 1.29 is 13.9 Å². The van der Waals surface area contributed by atoms with Crippen LogP contribution in [-0.4, -0.2) is 33.4 Å². The minimum atomic E-state index is -0.704. The second-order valence-corrected chi connectivity index (χ2v) is 6.09. The maximum absolute atomic E-state index is 14.2. The lowest BCUT2D eigenvalue weighted by molar-refractivity contribution is 0.0543. The zero-order valence-electron chi connectivity index (χ0n) is 13.7. The van der Waals surface area contributed by atoms with E-state index in [1.165, 1.54) is 13.3 Å². The van der Waals surface area contributed by atoms with Gasteiger partial charge >= 0.3 is 0 Å². The van der Waals surface area contributed by atoms with Crippen molar-refractivity contribution >= 4 is 5.91 Å². The molecule has 2 heterocycles. The summed E-state index contributed by atoms with van der Waals surface area (Å²) >= 11 is 0. The predicted molar refractivity (Wildman–Crippen MR) is 84.6 cm³/mol. The lowest BCUT2D eigenvalue weighted by atomic mass is 10.0. The van der Waals surface area contributed by atoms with Crippen LogP contribution < -0.4 is 4.74 Å². The van der Waals surface area contributed by atoms with Gasteiger partial charge in [0, 0.05) is 17.8 Å². The third kappa shape index (κ3) is 4.03. The molecule has 0 aliphatic carbocycles. The fraction of sp³-hybridized carbons (Fsp3) is 0.353. The van der Waals surface area contributed by atoms with Gasteiger partial charge in [-0.15, -0.1) is 0 Å². The molecule has 0 spiro atoms. The van der Waals surface area contributed by atoms with Crippen LogP contribution in [0.5, 0.6) is 5.75 Å². The molecule has 5 nitrogen and oxygen atoms in total. The average Bonchev–Trinajstić information content (AvgIpc) is 2.51. The Morgan fingerprint density at radius 3 is 2.57 bits per heavy atom. The van der Waals surface area contributed by atoms with Crippen molar-refractivity contribution in [1.82, 2.24) is 14.9 Å². The van der Waals surface area contributed by atoms with E-state index in [1.807, 2.05) is 32.9 Å². The molecule has 0 fully saturated rings. The molecule has 2 aromatic heterocycles. The molecule has 122 valence electrons. The van der Waals surface area contributed by atoms with E-state index in [-0.39, 0.29) is 18.0 Å². The summed E-state index contributed by atoms with van der Waals surface area (Å²) < 4.78 is 19.1. The number of carbonyl (C=O) groups is 1. The molecule has 0 aliphatic rings. The number of pyridine rings is 2. The SMILES string of the molecule is COc1cnc(C(=O)N(Cc2ccccn2)C(C)(C)C)c(F)c1. The molecule has 0 saturated heterocycles. The Morgan fingerprint density at radius 2 is 2.04 bits per heavy atom. The van der Waals surface area contributed by atoms with E-state index in [4.69, 9.17) is 4.74 Å². The van der Waals surface area contributed by atoms with Crippen molar-refractivity contribution in [3.63, 3.8) is 0 Å². The quantitative estimate of drug-likeness (QED) is 0.869. The van der Waals surface area contributed by atoms with E-state index in [0.29, 0.717) is 0 Å². The highest BCUT2D eigenvalue weighted by molar-refractivity contribution is 5.93. The number of amides is 1. The van der Waals surface area contributed by atoms with E-state index in [0.717, 1.165) is 11.8 Å². The number of hydrogen-bond donors (Lipinski definition) is 0. The summed E-state index contributed by atoms with van der Waals surface area (Å²) in [5, 5.41) is 0. The number of methoxy groups -OCH3 is 1. The van der Waals surface area contributed by atoms with E-state index in [1.54, 1.807) is 17.2 Å². The molecule has 0 bridgehead atoms. The van der Waals surface area contributed by atoms with Gasteiger partial charge in [0.25, 0.3) is 5.91 Å². The van der Waals surface area contributed by atoms with Crippen LogP contribution in [0.3, 0.4) is 0 Å². The zero-order chi connectivity index (χ0) is 17.0. The monoisotopic (exact) mass is 317 g/mol. The molecular weight excluding hydrogens is 297 g/mol. The van der Waals surface area contributed by atoms with Gasteiger partial charge in [-0.25, -0.2) is 9.37 Å². The lowest BCUT2D eigenvalue weighted by Crippen LogP contribution is -2.45. The maximum Gasteiger partial charge on any atom is 0.276 e. The zero-order valence-corrected chi connectivity index (χ0v) is 13.7. The molecular formula is C17H20FN3O2. The topological polar surface area (TPSA) is 55.3 Å². The number of ether oxygens (including phenoxy) is 1. The first-order valence-corrected chi connectivity index (χ1v) is 7.24. The third-order valence-electron chi connectivity index (χ3n) is 3.36. The van der Waals surface area contributed by atoms with E-state index in [2.05, 4.69) is 9.97 Å². The van der Waals surface area contributed by atoms with Crippen molar-refractivity contribution in [3.05, 3.63) is 53.9 Å². The summed E-state index contributed by atoms with van der Waals surface area (Å²) in [4.78, 5) is 22.5. The molecule has 0 N–H and O–H groups in total. The average molecular weight is 317 g/mol. The van der Waals surface area contributed by atoms with Gasteiger partial charge in [-0.05, 0) is 32.9 Å². The summed E-state index contributed by atoms with van der Waals surface area (Å²) in [7, 11) is 1.42. The second kappa shape index (κ2) is 6.73. The van der Waals surface area contributed by atoms with Crippen LogP contribution in [0.2, 0.25) is 0 Å². The number of hydrogen-bond acceptors (Lipinski definition) is 4. The van der Waals surface area contributed by atoms with Crippen LogP contribution in [0.1, 0.15) is 37.0 Å². The fourth-order valence-corrected chi connectivity index (χ4v) is 2.08. The van der Waals surface area contributed by atoms with Crippen LogP contribution in [0.4, 0.5) is 4.39 Å². The van der Waals surface area contributed by atoms with Gasteiger partial charge in [-0.3, -0.25) is 9.78 Å². The highest BCUT2D eigenvalue weighted by atomic mass is 19.1. The summed E-state index contributed by atoms with van der Waals surface area (Å²) in [6.07, 6.45) is 2.99. The van der Waals surface area contributed by atoms with Gasteiger partial charge < -0.3 is 9.64 Å².